The van der Waals surface area contributed by atoms with Gasteiger partial charge in [-0.2, -0.15) is 5.26 Å². The van der Waals surface area contributed by atoms with E-state index in [2.05, 4.69) is 6.07 Å². The van der Waals surface area contributed by atoms with Gasteiger partial charge in [0.1, 0.15) is 22.6 Å². The number of rotatable bonds is 6. The van der Waals surface area contributed by atoms with Crippen LogP contribution in [0, 0.1) is 36.8 Å². The minimum Gasteiger partial charge on any atom is -0.465 e. The highest BCUT2D eigenvalue weighted by atomic mass is 32.2. The number of aryl methyl sites for hydroxylation is 2. The van der Waals surface area contributed by atoms with E-state index in [1.165, 1.54) is 48.8 Å². The SMILES string of the molecule is COC(=O)c1ccc(-c2cccc(-c3c(-c4ccsc4C#N)c4cc(F)ccc4n3S(=O)c3ccc(F)c(C)c3)c2)c(C)c1. The van der Waals surface area contributed by atoms with Crippen molar-refractivity contribution in [2.24, 2.45) is 0 Å². The maximum absolute atomic E-state index is 14.8. The number of halogens is 2. The predicted octanol–water partition coefficient (Wildman–Crippen LogP) is 8.83. The van der Waals surface area contributed by atoms with E-state index in [1.807, 2.05) is 37.3 Å². The largest absolute Gasteiger partial charge is 0.465 e. The molecule has 2 aromatic heterocycles. The van der Waals surface area contributed by atoms with Crippen LogP contribution < -0.4 is 0 Å². The molecule has 0 amide bonds. The normalized spacial score (nSPS) is 11.8. The fourth-order valence-corrected chi connectivity index (χ4v) is 7.50. The Balaban J connectivity index is 1.66. The Kier molecular flexibility index (Phi) is 7.72. The molecule has 0 bridgehead atoms. The summed E-state index contributed by atoms with van der Waals surface area (Å²) in [6.07, 6.45) is 0. The Hall–Kier alpha value is -4.91. The lowest BCUT2D eigenvalue weighted by molar-refractivity contribution is 0.0600. The summed E-state index contributed by atoms with van der Waals surface area (Å²) in [5, 5.41) is 12.2. The molecule has 0 aliphatic heterocycles. The molecule has 0 aliphatic rings. The predicted molar refractivity (Wildman–Crippen MR) is 170 cm³/mol. The van der Waals surface area contributed by atoms with Gasteiger partial charge in [-0.15, -0.1) is 11.3 Å². The zero-order chi connectivity index (χ0) is 31.1. The van der Waals surface area contributed by atoms with Gasteiger partial charge in [0, 0.05) is 22.1 Å². The first-order valence-corrected chi connectivity index (χ1v) is 15.5. The van der Waals surface area contributed by atoms with Crippen molar-refractivity contribution in [3.05, 3.63) is 124 Å². The Bertz CT molecular complexity index is 2180. The highest BCUT2D eigenvalue weighted by Gasteiger charge is 2.27. The number of carbonyl (C=O) groups is 1. The van der Waals surface area contributed by atoms with Crippen LogP contribution in [0.2, 0.25) is 0 Å². The van der Waals surface area contributed by atoms with Crippen LogP contribution in [0.5, 0.6) is 0 Å². The standard InChI is InChI=1S/C35H24F2N2O3S2/c1-20-15-24(35(40)42-3)7-10-27(20)22-5-4-6-23(17-22)34-33(28-13-14-43-32(28)19-38)29-18-25(36)8-12-31(29)39(34)44(41)26-9-11-30(37)21(2)16-26/h4-18H,1-3H3. The maximum atomic E-state index is 14.8. The van der Waals surface area contributed by atoms with Gasteiger partial charge in [0.05, 0.1) is 28.8 Å². The van der Waals surface area contributed by atoms with Gasteiger partial charge in [-0.25, -0.2) is 17.8 Å². The van der Waals surface area contributed by atoms with Crippen molar-refractivity contribution >= 4 is 39.2 Å². The Labute approximate surface area is 259 Å². The molecule has 0 radical (unpaired) electrons. The van der Waals surface area contributed by atoms with Gasteiger partial charge < -0.3 is 4.74 Å². The zero-order valence-corrected chi connectivity index (χ0v) is 25.5. The Morgan fingerprint density at radius 2 is 1.70 bits per heavy atom. The van der Waals surface area contributed by atoms with Crippen molar-refractivity contribution < 1.29 is 22.5 Å². The molecule has 6 aromatic rings. The molecule has 44 heavy (non-hydrogen) atoms. The first-order valence-electron chi connectivity index (χ1n) is 13.5. The van der Waals surface area contributed by atoms with E-state index in [0.717, 1.165) is 16.7 Å². The molecule has 0 saturated carbocycles. The summed E-state index contributed by atoms with van der Waals surface area (Å²) < 4.78 is 50.0. The third kappa shape index (κ3) is 5.02. The number of nitrogens with zero attached hydrogens (tertiary/aromatic N) is 2. The van der Waals surface area contributed by atoms with E-state index in [9.17, 15) is 23.0 Å². The molecule has 1 atom stereocenters. The average molecular weight is 623 g/mol. The van der Waals surface area contributed by atoms with Gasteiger partial charge in [0.25, 0.3) is 0 Å². The first-order chi connectivity index (χ1) is 21.2. The number of hydrogen-bond donors (Lipinski definition) is 0. The summed E-state index contributed by atoms with van der Waals surface area (Å²) in [5.41, 5.74) is 6.19. The van der Waals surface area contributed by atoms with E-state index >= 15 is 0 Å². The van der Waals surface area contributed by atoms with Crippen molar-refractivity contribution in [3.8, 4) is 39.6 Å². The summed E-state index contributed by atoms with van der Waals surface area (Å²) in [4.78, 5) is 12.9. The van der Waals surface area contributed by atoms with Crippen LogP contribution in [-0.4, -0.2) is 21.3 Å². The number of carbonyl (C=O) groups excluding carboxylic acids is 1. The van der Waals surface area contributed by atoms with Crippen LogP contribution >= 0.6 is 11.3 Å². The summed E-state index contributed by atoms with van der Waals surface area (Å²) >= 11 is 1.27. The third-order valence-corrected chi connectivity index (χ3v) is 9.70. The second kappa shape index (κ2) is 11.6. The van der Waals surface area contributed by atoms with Crippen molar-refractivity contribution in [2.45, 2.75) is 18.7 Å². The van der Waals surface area contributed by atoms with Crippen LogP contribution in [0.1, 0.15) is 26.4 Å². The van der Waals surface area contributed by atoms with Crippen LogP contribution in [0.15, 0.2) is 95.2 Å². The van der Waals surface area contributed by atoms with Gasteiger partial charge >= 0.3 is 5.97 Å². The Morgan fingerprint density at radius 3 is 2.43 bits per heavy atom. The molecule has 9 heteroatoms. The van der Waals surface area contributed by atoms with Crippen LogP contribution in [0.4, 0.5) is 8.78 Å². The van der Waals surface area contributed by atoms with Crippen LogP contribution in [0.25, 0.3) is 44.4 Å². The molecule has 0 N–H and O–H groups in total. The van der Waals surface area contributed by atoms with Crippen molar-refractivity contribution in [2.75, 3.05) is 7.11 Å². The molecule has 0 saturated heterocycles. The second-order valence-corrected chi connectivity index (χ2v) is 12.5. The van der Waals surface area contributed by atoms with Crippen molar-refractivity contribution in [1.82, 2.24) is 3.97 Å². The summed E-state index contributed by atoms with van der Waals surface area (Å²) in [6.45, 7) is 3.50. The van der Waals surface area contributed by atoms with Crippen molar-refractivity contribution in [3.63, 3.8) is 0 Å². The summed E-state index contributed by atoms with van der Waals surface area (Å²) in [7, 11) is -0.543. The lowest BCUT2D eigenvalue weighted by Gasteiger charge is -2.15. The molecule has 2 heterocycles. The molecule has 5 nitrogen and oxygen atoms in total. The van der Waals surface area contributed by atoms with E-state index < -0.39 is 28.6 Å². The molecule has 1 unspecified atom stereocenters. The number of fused-ring (bicyclic) bond motifs is 1. The molecule has 218 valence electrons. The van der Waals surface area contributed by atoms with E-state index in [1.54, 1.807) is 40.5 Å². The van der Waals surface area contributed by atoms with E-state index in [-0.39, 0.29) is 0 Å². The lowest BCUT2D eigenvalue weighted by atomic mass is 9.94. The molecule has 4 aromatic carbocycles. The van der Waals surface area contributed by atoms with Gasteiger partial charge in [-0.3, -0.25) is 3.97 Å². The number of hydrogen-bond acceptors (Lipinski definition) is 5. The summed E-state index contributed by atoms with van der Waals surface area (Å²) in [5.74, 6) is -1.32. The van der Waals surface area contributed by atoms with Crippen molar-refractivity contribution in [1.29, 1.82) is 5.26 Å². The number of methoxy groups -OCH3 is 1. The fourth-order valence-electron chi connectivity index (χ4n) is 5.43. The number of thiophene rings is 1. The fraction of sp³-hybridized carbons (Fsp3) is 0.0857. The number of ether oxygens (including phenoxy) is 1. The van der Waals surface area contributed by atoms with Gasteiger partial charge in [-0.05, 0) is 102 Å². The highest BCUT2D eigenvalue weighted by Crippen LogP contribution is 2.45. The maximum Gasteiger partial charge on any atom is 0.337 e. The first kappa shape index (κ1) is 29.2. The molecule has 0 aliphatic carbocycles. The highest BCUT2D eigenvalue weighted by molar-refractivity contribution is 7.83. The number of nitriles is 1. The minimum atomic E-state index is -1.88. The number of esters is 1. The summed E-state index contributed by atoms with van der Waals surface area (Å²) in [6, 6.07) is 25.5. The van der Waals surface area contributed by atoms with Crippen LogP contribution in [0.3, 0.4) is 0 Å². The average Bonchev–Trinajstić information content (AvgIpc) is 3.63. The van der Waals surface area contributed by atoms with Crippen LogP contribution in [-0.2, 0) is 15.7 Å². The quantitative estimate of drug-likeness (QED) is 0.174. The van der Waals surface area contributed by atoms with Gasteiger partial charge in [-0.1, -0.05) is 24.3 Å². The molecule has 0 spiro atoms. The number of benzene rings is 4. The smallest absolute Gasteiger partial charge is 0.337 e. The number of aromatic nitrogens is 1. The second-order valence-electron chi connectivity index (χ2n) is 10.2. The molecule has 6 rings (SSSR count). The van der Waals surface area contributed by atoms with E-state index in [0.29, 0.717) is 54.2 Å². The monoisotopic (exact) mass is 622 g/mol. The molecular formula is C35H24F2N2O3S2. The van der Waals surface area contributed by atoms with Gasteiger partial charge in [0.2, 0.25) is 0 Å². The Morgan fingerprint density at radius 1 is 0.909 bits per heavy atom. The third-order valence-electron chi connectivity index (χ3n) is 7.51. The van der Waals surface area contributed by atoms with Gasteiger partial charge in [0.15, 0.2) is 11.0 Å². The minimum absolute atomic E-state index is 0.345. The topological polar surface area (TPSA) is 72.1 Å². The zero-order valence-electron chi connectivity index (χ0n) is 23.9. The molecular weight excluding hydrogens is 599 g/mol. The molecule has 0 fully saturated rings. The lowest BCUT2D eigenvalue weighted by Crippen LogP contribution is -2.08. The van der Waals surface area contributed by atoms with E-state index in [4.69, 9.17) is 4.74 Å².